The summed E-state index contributed by atoms with van der Waals surface area (Å²) < 4.78 is 57.9. The highest BCUT2D eigenvalue weighted by molar-refractivity contribution is 6.30. The fourth-order valence-electron chi connectivity index (χ4n) is 4.98. The Morgan fingerprint density at radius 2 is 1.96 bits per heavy atom. The molecule has 5 rings (SSSR count). The average Bonchev–Trinajstić information content (AvgIpc) is 3.43. The summed E-state index contributed by atoms with van der Waals surface area (Å²) in [7, 11) is 2.84. The van der Waals surface area contributed by atoms with Gasteiger partial charge in [-0.2, -0.15) is 13.2 Å². The molecule has 238 valence electrons. The lowest BCUT2D eigenvalue weighted by molar-refractivity contribution is -0.154. The third-order valence-electron chi connectivity index (χ3n) is 7.42. The van der Waals surface area contributed by atoms with Gasteiger partial charge in [-0.3, -0.25) is 14.0 Å². The fourth-order valence-corrected chi connectivity index (χ4v) is 5.20. The van der Waals surface area contributed by atoms with Gasteiger partial charge in [0.2, 0.25) is 0 Å². The van der Waals surface area contributed by atoms with Crippen molar-refractivity contribution in [2.24, 2.45) is 0 Å². The highest BCUT2D eigenvalue weighted by atomic mass is 35.5. The zero-order valence-electron chi connectivity index (χ0n) is 24.6. The number of benzene rings is 1. The summed E-state index contributed by atoms with van der Waals surface area (Å²) in [6.45, 7) is 3.91. The molecule has 1 fully saturated rings. The first-order chi connectivity index (χ1) is 21.3. The van der Waals surface area contributed by atoms with Crippen molar-refractivity contribution in [3.8, 4) is 17.0 Å². The Balaban J connectivity index is 1.53. The standard InChI is InChI=1S/C29H29ClF3N7O5/c1-14-13-45-20(12-39(14)28(42)15(2)43-3)26-38-23(24-25(34)36-11-21(30)40(24)26)18-6-5-16(9-19(18)44-4)27(41)37-22-10-17(7-8-35-22)29(31,32)33/h5-11,14-15,20H,12-13H2,1-4H3,(H2,34,36)(H,35,37,41)/t14-,15?,20+/m0/s1. The summed E-state index contributed by atoms with van der Waals surface area (Å²) in [5.41, 5.74) is 6.50. The first kappa shape index (κ1) is 31.9. The van der Waals surface area contributed by atoms with Gasteiger partial charge in [0, 0.05) is 24.4 Å². The number of fused-ring (bicyclic) bond motifs is 1. The number of carbonyl (C=O) groups excluding carboxylic acids is 2. The van der Waals surface area contributed by atoms with Crippen LogP contribution >= 0.6 is 11.6 Å². The normalized spacial score (nSPS) is 17.7. The molecule has 1 unspecified atom stereocenters. The summed E-state index contributed by atoms with van der Waals surface area (Å²) >= 11 is 6.60. The van der Waals surface area contributed by atoms with E-state index in [1.54, 1.807) is 22.3 Å². The van der Waals surface area contributed by atoms with Crippen molar-refractivity contribution in [2.45, 2.75) is 38.3 Å². The summed E-state index contributed by atoms with van der Waals surface area (Å²) in [6, 6.07) is 5.73. The average molecular weight is 648 g/mol. The molecular formula is C29H29ClF3N7O5. The van der Waals surface area contributed by atoms with Crippen LogP contribution in [-0.4, -0.2) is 75.6 Å². The molecule has 4 heterocycles. The van der Waals surface area contributed by atoms with E-state index in [1.807, 2.05) is 6.92 Å². The molecule has 1 aromatic carbocycles. The quantitative estimate of drug-likeness (QED) is 0.293. The van der Waals surface area contributed by atoms with Gasteiger partial charge in [0.1, 0.15) is 51.8 Å². The number of halogens is 4. The van der Waals surface area contributed by atoms with E-state index in [0.29, 0.717) is 22.6 Å². The molecule has 0 aliphatic carbocycles. The van der Waals surface area contributed by atoms with Gasteiger partial charge in [-0.1, -0.05) is 11.6 Å². The fraction of sp³-hybridized carbons (Fsp3) is 0.345. The van der Waals surface area contributed by atoms with Crippen LogP contribution in [-0.2, 0) is 20.4 Å². The monoisotopic (exact) mass is 647 g/mol. The van der Waals surface area contributed by atoms with Crippen LogP contribution in [0.5, 0.6) is 5.75 Å². The topological polar surface area (TPSA) is 146 Å². The molecule has 0 saturated carbocycles. The molecule has 3 N–H and O–H groups in total. The number of rotatable bonds is 7. The van der Waals surface area contributed by atoms with Crippen molar-refractivity contribution in [1.29, 1.82) is 0 Å². The number of aromatic nitrogens is 4. The Morgan fingerprint density at radius 1 is 1.20 bits per heavy atom. The molecule has 1 aliphatic heterocycles. The van der Waals surface area contributed by atoms with Crippen LogP contribution in [0.2, 0.25) is 5.15 Å². The summed E-state index contributed by atoms with van der Waals surface area (Å²) in [6.07, 6.45) is -3.64. The van der Waals surface area contributed by atoms with E-state index in [9.17, 15) is 22.8 Å². The number of morpholine rings is 1. The second kappa shape index (κ2) is 12.5. The molecule has 3 aromatic heterocycles. The molecule has 0 bridgehead atoms. The molecule has 12 nitrogen and oxygen atoms in total. The number of amides is 2. The largest absolute Gasteiger partial charge is 0.496 e. The van der Waals surface area contributed by atoms with E-state index in [4.69, 9.17) is 36.5 Å². The first-order valence-electron chi connectivity index (χ1n) is 13.6. The van der Waals surface area contributed by atoms with E-state index >= 15 is 0 Å². The summed E-state index contributed by atoms with van der Waals surface area (Å²) in [5, 5.41) is 2.56. The maximum absolute atomic E-state index is 13.1. The van der Waals surface area contributed by atoms with Gasteiger partial charge in [0.25, 0.3) is 11.8 Å². The second-order valence-corrected chi connectivity index (χ2v) is 10.7. The number of nitrogens with one attached hydrogen (secondary N) is 1. The molecule has 16 heteroatoms. The molecule has 3 atom stereocenters. The Morgan fingerprint density at radius 3 is 2.64 bits per heavy atom. The number of alkyl halides is 3. The molecule has 4 aromatic rings. The van der Waals surface area contributed by atoms with Crippen LogP contribution in [0.15, 0.2) is 42.7 Å². The lowest BCUT2D eigenvalue weighted by Crippen LogP contribution is -2.51. The molecule has 1 saturated heterocycles. The molecule has 45 heavy (non-hydrogen) atoms. The molecular weight excluding hydrogens is 619 g/mol. The number of ether oxygens (including phenoxy) is 3. The molecule has 1 aliphatic rings. The SMILES string of the molecule is COc1cc(C(=O)Nc2cc(C(F)(F)F)ccn2)ccc1-c1nc([C@H]2CN(C(=O)C(C)OC)[C@@H](C)CO2)n2c(Cl)cnc(N)c12. The van der Waals surface area contributed by atoms with Crippen LogP contribution in [0.4, 0.5) is 24.8 Å². The van der Waals surface area contributed by atoms with Crippen molar-refractivity contribution >= 4 is 40.6 Å². The zero-order chi connectivity index (χ0) is 32.6. The van der Waals surface area contributed by atoms with Crippen LogP contribution in [0.1, 0.15) is 41.7 Å². The van der Waals surface area contributed by atoms with Gasteiger partial charge in [-0.15, -0.1) is 0 Å². The van der Waals surface area contributed by atoms with Crippen LogP contribution in [0.25, 0.3) is 16.8 Å². The van der Waals surface area contributed by atoms with Crippen LogP contribution in [0, 0.1) is 0 Å². The number of hydrogen-bond donors (Lipinski definition) is 2. The predicted octanol–water partition coefficient (Wildman–Crippen LogP) is 4.63. The van der Waals surface area contributed by atoms with Crippen molar-refractivity contribution in [1.82, 2.24) is 24.3 Å². The maximum atomic E-state index is 13.1. The number of hydrogen-bond acceptors (Lipinski definition) is 9. The van der Waals surface area contributed by atoms with E-state index < -0.39 is 29.9 Å². The number of anilines is 2. The van der Waals surface area contributed by atoms with Crippen molar-refractivity contribution in [2.75, 3.05) is 38.4 Å². The van der Waals surface area contributed by atoms with Gasteiger partial charge in [-0.05, 0) is 44.2 Å². The Labute approximate surface area is 260 Å². The molecule has 2 amide bonds. The van der Waals surface area contributed by atoms with E-state index in [0.717, 1.165) is 18.3 Å². The highest BCUT2D eigenvalue weighted by Gasteiger charge is 2.36. The van der Waals surface area contributed by atoms with Gasteiger partial charge in [-0.25, -0.2) is 15.0 Å². The third kappa shape index (κ3) is 6.23. The zero-order valence-corrected chi connectivity index (χ0v) is 25.3. The number of methoxy groups -OCH3 is 2. The first-order valence-corrected chi connectivity index (χ1v) is 14.0. The second-order valence-electron chi connectivity index (χ2n) is 10.3. The Hall–Kier alpha value is -4.47. The highest BCUT2D eigenvalue weighted by Crippen LogP contribution is 2.39. The minimum Gasteiger partial charge on any atom is -0.496 e. The Kier molecular flexibility index (Phi) is 8.87. The van der Waals surface area contributed by atoms with Crippen molar-refractivity contribution < 1.29 is 37.0 Å². The number of carbonyl (C=O) groups is 2. The third-order valence-corrected chi connectivity index (χ3v) is 7.69. The Bertz CT molecular complexity index is 1770. The van der Waals surface area contributed by atoms with Crippen molar-refractivity contribution in [3.05, 3.63) is 64.8 Å². The van der Waals surface area contributed by atoms with E-state index in [1.165, 1.54) is 32.5 Å². The number of nitrogens with two attached hydrogens (primary N) is 1. The van der Waals surface area contributed by atoms with Gasteiger partial charge in [0.15, 0.2) is 0 Å². The number of nitrogen functional groups attached to an aromatic ring is 1. The minimum atomic E-state index is -4.60. The lowest BCUT2D eigenvalue weighted by atomic mass is 10.1. The number of pyridine rings is 1. The molecule has 0 spiro atoms. The van der Waals surface area contributed by atoms with Crippen molar-refractivity contribution in [3.63, 3.8) is 0 Å². The summed E-state index contributed by atoms with van der Waals surface area (Å²) in [5.74, 6) is -0.542. The van der Waals surface area contributed by atoms with E-state index in [-0.39, 0.29) is 53.2 Å². The lowest BCUT2D eigenvalue weighted by Gasteiger charge is -2.38. The number of nitrogens with zero attached hydrogens (tertiary/aromatic N) is 5. The summed E-state index contributed by atoms with van der Waals surface area (Å²) in [4.78, 5) is 40.5. The minimum absolute atomic E-state index is 0.0775. The van der Waals surface area contributed by atoms with Gasteiger partial charge in [0.05, 0.1) is 38.1 Å². The van der Waals surface area contributed by atoms with Crippen LogP contribution < -0.4 is 15.8 Å². The van der Waals surface area contributed by atoms with Crippen LogP contribution in [0.3, 0.4) is 0 Å². The smallest absolute Gasteiger partial charge is 0.416 e. The molecule has 0 radical (unpaired) electrons. The maximum Gasteiger partial charge on any atom is 0.416 e. The predicted molar refractivity (Wildman–Crippen MR) is 158 cm³/mol. The van der Waals surface area contributed by atoms with E-state index in [2.05, 4.69) is 15.3 Å². The van der Waals surface area contributed by atoms with Gasteiger partial charge < -0.3 is 30.2 Å². The van der Waals surface area contributed by atoms with Gasteiger partial charge >= 0.3 is 6.18 Å². The number of imidazole rings is 1.